The van der Waals surface area contributed by atoms with E-state index < -0.39 is 124 Å². The summed E-state index contributed by atoms with van der Waals surface area (Å²) in [4.78, 5) is 206. The van der Waals surface area contributed by atoms with Crippen molar-refractivity contribution in [2.45, 2.75) is 25.2 Å². The molecule has 0 bridgehead atoms. The summed E-state index contributed by atoms with van der Waals surface area (Å²) in [6.07, 6.45) is -11.3. The maximum absolute atomic E-state index is 13.0. The largest absolute Gasteiger partial charge is 0.496 e. The minimum atomic E-state index is -5.17. The minimum Gasteiger partial charge on any atom is -0.496 e. The molecule has 117 heavy (non-hydrogen) atoms. The van der Waals surface area contributed by atoms with Crippen molar-refractivity contribution in [1.82, 2.24) is 25.3 Å². The monoisotopic (exact) mass is 1590 g/mol. The average Bonchev–Trinajstić information content (AvgIpc) is 1.72. The van der Waals surface area contributed by atoms with Crippen LogP contribution in [-0.4, -0.2) is 121 Å². The molecule has 0 fully saturated rings. The Morgan fingerprint density at radius 2 is 0.641 bits per heavy atom. The molecule has 0 aliphatic carbocycles. The summed E-state index contributed by atoms with van der Waals surface area (Å²) in [5.74, 6) is -11.7. The van der Waals surface area contributed by atoms with E-state index in [1.54, 1.807) is 133 Å². The number of hydrogen-bond donors (Lipinski definition) is 1. The Bertz CT molecular complexity index is 5670. The van der Waals surface area contributed by atoms with E-state index in [0.29, 0.717) is 59.3 Å². The number of para-hydroxylation sites is 2. The Kier molecular flexibility index (Phi) is 23.3. The molecule has 586 valence electrons. The second kappa shape index (κ2) is 33.9. The Morgan fingerprint density at radius 3 is 1.01 bits per heavy atom. The molecule has 0 aromatic heterocycles. The van der Waals surface area contributed by atoms with Gasteiger partial charge in [-0.05, 0) is 120 Å². The van der Waals surface area contributed by atoms with Crippen molar-refractivity contribution in [3.63, 3.8) is 0 Å². The molecule has 5 heterocycles. The summed E-state index contributed by atoms with van der Waals surface area (Å²) >= 11 is 0. The van der Waals surface area contributed by atoms with E-state index >= 15 is 0 Å². The first-order valence-corrected chi connectivity index (χ1v) is 34.2. The lowest BCUT2D eigenvalue weighted by atomic mass is 9.91. The van der Waals surface area contributed by atoms with Gasteiger partial charge in [-0.1, -0.05) is 189 Å². The topological polar surface area (TPSA) is 340 Å². The zero-order chi connectivity index (χ0) is 83.7. The van der Waals surface area contributed by atoms with Gasteiger partial charge < -0.3 is 28.9 Å². The lowest BCUT2D eigenvalue weighted by molar-refractivity contribution is -0.169. The van der Waals surface area contributed by atoms with Crippen LogP contribution in [0.15, 0.2) is 267 Å². The van der Waals surface area contributed by atoms with Gasteiger partial charge in [0.1, 0.15) is 17.2 Å². The number of ether oxygens (including phenoxy) is 1. The molecule has 0 unspecified atom stereocenters. The summed E-state index contributed by atoms with van der Waals surface area (Å²) in [6.45, 7) is 1.14. The predicted octanol–water partition coefficient (Wildman–Crippen LogP) is 14.1. The molecule has 1 N–H and O–H groups in total. The molecule has 16 rings (SSSR count). The first kappa shape index (κ1) is 80.4. The number of rotatable bonds is 12. The first-order chi connectivity index (χ1) is 55.9. The highest BCUT2D eigenvalue weighted by Crippen LogP contribution is 2.38. The van der Waals surface area contributed by atoms with Gasteiger partial charge in [-0.15, -0.1) is 0 Å². The number of alkyl halides is 6. The number of anilines is 1. The lowest BCUT2D eigenvalue weighted by Gasteiger charge is -2.24. The molecule has 0 radical (unpaired) electrons. The number of hydroxylamine groups is 10. The highest BCUT2D eigenvalue weighted by atomic mass is 19.4. The zero-order valence-electron chi connectivity index (χ0n) is 60.1. The van der Waals surface area contributed by atoms with E-state index in [2.05, 4.69) is 10.2 Å². The molecular weight excluding hydrogens is 1540 g/mol. The van der Waals surface area contributed by atoms with Crippen LogP contribution in [0.1, 0.15) is 159 Å². The van der Waals surface area contributed by atoms with E-state index in [1.807, 2.05) is 48.5 Å². The van der Waals surface area contributed by atoms with E-state index in [4.69, 9.17) is 24.1 Å². The van der Waals surface area contributed by atoms with Gasteiger partial charge >= 0.3 is 42.3 Å². The third-order valence-electron chi connectivity index (χ3n) is 17.4. The number of carbonyl (C=O) groups is 15. The third kappa shape index (κ3) is 17.1. The number of hydrogen-bond acceptors (Lipinski definition) is 21. The fourth-order valence-corrected chi connectivity index (χ4v) is 12.0. The molecule has 5 aliphatic heterocycles. The second-order valence-corrected chi connectivity index (χ2v) is 24.8. The minimum absolute atomic E-state index is 0.0134. The number of carbonyl (C=O) groups excluding carboxylic acids is 15. The predicted molar refractivity (Wildman–Crippen MR) is 392 cm³/mol. The summed E-state index contributed by atoms with van der Waals surface area (Å²) in [6, 6.07) is 67.9. The normalized spacial score (nSPS) is 13.5. The Labute approximate surface area is 654 Å². The van der Waals surface area contributed by atoms with Crippen molar-refractivity contribution in [2.75, 3.05) is 12.4 Å². The van der Waals surface area contributed by atoms with Crippen LogP contribution in [0.5, 0.6) is 5.75 Å². The highest BCUT2D eigenvalue weighted by molar-refractivity contribution is 6.26. The summed E-state index contributed by atoms with van der Waals surface area (Å²) in [7, 11) is 1.41. The quantitative estimate of drug-likeness (QED) is 0.0877. The number of imide groups is 5. The number of nitrogens with zero attached hydrogens (tertiary/aromatic N) is 5. The van der Waals surface area contributed by atoms with Crippen LogP contribution in [0.25, 0.3) is 10.8 Å². The molecule has 0 atom stereocenters. The van der Waals surface area contributed by atoms with Crippen LogP contribution in [0, 0.1) is 0 Å². The number of halogens is 6. The maximum atomic E-state index is 13.0. The molecule has 27 nitrogen and oxygen atoms in total. The zero-order valence-corrected chi connectivity index (χ0v) is 60.1. The molecule has 11 aromatic rings. The van der Waals surface area contributed by atoms with Crippen molar-refractivity contribution in [3.05, 3.63) is 356 Å². The van der Waals surface area contributed by atoms with Gasteiger partial charge in [0, 0.05) is 18.0 Å². The molecule has 11 aromatic carbocycles. The SMILES string of the molecule is CC(=O)ON1C(=O)c2cccc3cccc(c23)C1=O.COc1ccccc1C(=O)ON1C(=O)c2ccccc2C1=O.O=C(Nc1ccccc1)ON1C(=O)c2ccccc2C1=O.O=C(ON1C(=O)c2ccccc2C1=O)C(c1ccccc1)c1ccccc1.O=C(ON1C(=O)c2ccccc2C1=O)c1cc(C(F)(F)F)cc(C(F)(F)F)c1. The smallest absolute Gasteiger partial charge is 0.436 e. The van der Waals surface area contributed by atoms with Crippen LogP contribution in [-0.2, 0) is 46.1 Å². The van der Waals surface area contributed by atoms with Crippen molar-refractivity contribution in [2.24, 2.45) is 0 Å². The van der Waals surface area contributed by atoms with Gasteiger partial charge in [-0.2, -0.15) is 26.3 Å². The van der Waals surface area contributed by atoms with Gasteiger partial charge in [-0.3, -0.25) is 53.3 Å². The maximum Gasteiger partial charge on any atom is 0.436 e. The van der Waals surface area contributed by atoms with Crippen LogP contribution >= 0.6 is 0 Å². The van der Waals surface area contributed by atoms with Crippen LogP contribution < -0.4 is 10.1 Å². The molecular formula is C84H52F6N6O21. The number of benzene rings is 11. The standard InChI is InChI=1S/C22H15NO4.C17H7F6NO4.C16H11NO5.C15H10N2O4.C14H9NO4/c24-20-17-13-7-8-14-18(17)21(25)23(20)27-22(26)19(15-9-3-1-4-10-15)16-11-5-2-6-12-16;18-16(19,20)9-5-8(6-10(7-9)17(21,22)23)15(27)28-24-13(25)11-3-1-2-4-12(11)14(24)26;1-21-13-9-5-4-8-12(13)16(20)22-17-14(18)10-6-2-3-7-11(10)15(17)19;18-13-11-8-4-5-9-12(11)14(19)17(13)21-15(20)16-10-6-2-1-3-7-10;1-8(16)19-15-13(17)10-6-2-4-9-5-3-7-11(12(9)10)14(15)18/h1-14,19H;1-7H;2-9H,1H3;1-9H,(H,16,20);2-7H,1H3. The number of fused-ring (bicyclic) bond motifs is 4. The van der Waals surface area contributed by atoms with E-state index in [-0.39, 0.29) is 73.3 Å². The van der Waals surface area contributed by atoms with Crippen molar-refractivity contribution >= 4 is 106 Å². The molecule has 5 aliphatic rings. The number of nitrogens with one attached hydrogen (secondary N) is 1. The van der Waals surface area contributed by atoms with Gasteiger partial charge in [-0.25, -0.2) is 24.0 Å². The van der Waals surface area contributed by atoms with Gasteiger partial charge in [0.25, 0.3) is 59.1 Å². The highest BCUT2D eigenvalue weighted by Gasteiger charge is 2.45. The van der Waals surface area contributed by atoms with E-state index in [0.717, 1.165) is 12.3 Å². The van der Waals surface area contributed by atoms with Crippen molar-refractivity contribution in [1.29, 1.82) is 0 Å². The fraction of sp³-hybridized carbons (Fsp3) is 0.0595. The number of amides is 11. The fourth-order valence-electron chi connectivity index (χ4n) is 12.0. The van der Waals surface area contributed by atoms with Crippen molar-refractivity contribution < 1.29 is 127 Å². The third-order valence-corrected chi connectivity index (χ3v) is 17.4. The molecule has 0 saturated carbocycles. The molecule has 11 amide bonds. The Morgan fingerprint density at radius 1 is 0.333 bits per heavy atom. The summed E-state index contributed by atoms with van der Waals surface area (Å²) in [5, 5.41) is 5.81. The second-order valence-electron chi connectivity index (χ2n) is 24.8. The van der Waals surface area contributed by atoms with E-state index in [1.165, 1.54) is 73.8 Å². The Hall–Kier alpha value is -16.1. The molecule has 0 saturated heterocycles. The van der Waals surface area contributed by atoms with Crippen molar-refractivity contribution in [3.8, 4) is 5.75 Å². The summed E-state index contributed by atoms with van der Waals surface area (Å²) < 4.78 is 82.3. The molecule has 33 heteroatoms. The average molecular weight is 1600 g/mol. The van der Waals surface area contributed by atoms with Gasteiger partial charge in [0.15, 0.2) is 0 Å². The Balaban J connectivity index is 0.000000136. The summed E-state index contributed by atoms with van der Waals surface area (Å²) in [5.41, 5.74) is -0.782. The van der Waals surface area contributed by atoms with Gasteiger partial charge in [0.05, 0.1) is 79.4 Å². The van der Waals surface area contributed by atoms with Gasteiger partial charge in [0.2, 0.25) is 0 Å². The lowest BCUT2D eigenvalue weighted by Crippen LogP contribution is -2.41. The van der Waals surface area contributed by atoms with E-state index in [9.17, 15) is 98.3 Å². The first-order valence-electron chi connectivity index (χ1n) is 34.2. The van der Waals surface area contributed by atoms with Crippen LogP contribution in [0.3, 0.4) is 0 Å². The van der Waals surface area contributed by atoms with Crippen LogP contribution in [0.2, 0.25) is 0 Å². The number of methoxy groups -OCH3 is 1. The molecule has 0 spiro atoms. The van der Waals surface area contributed by atoms with Crippen LogP contribution in [0.4, 0.5) is 36.8 Å².